The fourth-order valence-corrected chi connectivity index (χ4v) is 2.75. The van der Waals surface area contributed by atoms with E-state index >= 15 is 0 Å². The topological polar surface area (TPSA) is 102 Å². The molecule has 0 aliphatic carbocycles. The van der Waals surface area contributed by atoms with Gasteiger partial charge in [0.1, 0.15) is 12.1 Å². The number of benzene rings is 1. The fourth-order valence-electron chi connectivity index (χ4n) is 2.01. The Morgan fingerprint density at radius 1 is 1.22 bits per heavy atom. The Labute approximate surface area is 136 Å². The lowest BCUT2D eigenvalue weighted by molar-refractivity contribution is -0.144. The third-order valence-electron chi connectivity index (χ3n) is 3.15. The number of aryl methyl sites for hydroxylation is 1. The van der Waals surface area contributed by atoms with Crippen molar-refractivity contribution in [2.24, 2.45) is 0 Å². The second-order valence-electron chi connectivity index (χ2n) is 5.22. The minimum absolute atomic E-state index is 0.275. The Bertz CT molecular complexity index is 631. The normalized spacial score (nSPS) is 13.9. The van der Waals surface area contributed by atoms with Gasteiger partial charge in [-0.25, -0.2) is 17.9 Å². The van der Waals surface area contributed by atoms with E-state index in [1.54, 1.807) is 0 Å². The summed E-state index contributed by atoms with van der Waals surface area (Å²) >= 11 is 0. The van der Waals surface area contributed by atoms with Crippen LogP contribution < -0.4 is 10.0 Å². The highest BCUT2D eigenvalue weighted by molar-refractivity contribution is 7.88. The van der Waals surface area contributed by atoms with Crippen LogP contribution in [0.25, 0.3) is 0 Å². The summed E-state index contributed by atoms with van der Waals surface area (Å²) < 4.78 is 29.7. The van der Waals surface area contributed by atoms with Crippen molar-refractivity contribution in [2.45, 2.75) is 31.8 Å². The van der Waals surface area contributed by atoms with Gasteiger partial charge in [-0.1, -0.05) is 30.3 Å². The standard InChI is InChI=1S/C15H22N2O5S/c1-11(15(19)22-2)16-14(18)13(17-23(3,20)21)10-9-12-7-5-4-6-8-12/h4-8,11,13,17H,9-10H2,1-3H3,(H,16,18). The minimum atomic E-state index is -3.56. The molecule has 8 heteroatoms. The molecule has 0 fully saturated rings. The summed E-state index contributed by atoms with van der Waals surface area (Å²) in [5, 5.41) is 2.45. The number of hydrogen-bond acceptors (Lipinski definition) is 5. The number of hydrogen-bond donors (Lipinski definition) is 2. The van der Waals surface area contributed by atoms with Crippen LogP contribution in [-0.2, 0) is 30.8 Å². The molecule has 23 heavy (non-hydrogen) atoms. The number of ether oxygens (including phenoxy) is 1. The van der Waals surface area contributed by atoms with E-state index in [-0.39, 0.29) is 6.42 Å². The van der Waals surface area contributed by atoms with Crippen LogP contribution in [-0.4, -0.2) is 45.7 Å². The minimum Gasteiger partial charge on any atom is -0.467 e. The molecule has 0 aliphatic rings. The smallest absolute Gasteiger partial charge is 0.328 e. The van der Waals surface area contributed by atoms with E-state index in [2.05, 4.69) is 14.8 Å². The van der Waals surface area contributed by atoms with Crippen LogP contribution in [0, 0.1) is 0 Å². The van der Waals surface area contributed by atoms with Crippen LogP contribution in [0.1, 0.15) is 18.9 Å². The maximum absolute atomic E-state index is 12.2. The Morgan fingerprint density at radius 3 is 2.35 bits per heavy atom. The van der Waals surface area contributed by atoms with Crippen molar-refractivity contribution in [1.29, 1.82) is 0 Å². The van der Waals surface area contributed by atoms with Crippen LogP contribution in [0.4, 0.5) is 0 Å². The van der Waals surface area contributed by atoms with Crippen LogP contribution in [0.2, 0.25) is 0 Å². The predicted molar refractivity (Wildman–Crippen MR) is 86.2 cm³/mol. The lowest BCUT2D eigenvalue weighted by atomic mass is 10.1. The number of esters is 1. The van der Waals surface area contributed by atoms with Crippen molar-refractivity contribution in [3.63, 3.8) is 0 Å². The quantitative estimate of drug-likeness (QED) is 0.658. The molecule has 0 spiro atoms. The lowest BCUT2D eigenvalue weighted by Gasteiger charge is -2.19. The maximum atomic E-state index is 12.2. The molecule has 2 N–H and O–H groups in total. The molecule has 0 saturated carbocycles. The van der Waals surface area contributed by atoms with Crippen molar-refractivity contribution in [3.8, 4) is 0 Å². The number of nitrogens with one attached hydrogen (secondary N) is 2. The number of rotatable bonds is 8. The van der Waals surface area contributed by atoms with Crippen molar-refractivity contribution in [3.05, 3.63) is 35.9 Å². The third-order valence-corrected chi connectivity index (χ3v) is 3.86. The molecule has 0 aliphatic heterocycles. The summed E-state index contributed by atoms with van der Waals surface area (Å²) in [5.41, 5.74) is 0.988. The molecular weight excluding hydrogens is 320 g/mol. The van der Waals surface area contributed by atoms with E-state index in [0.717, 1.165) is 11.8 Å². The molecule has 0 heterocycles. The first-order valence-corrected chi connectivity index (χ1v) is 9.01. The predicted octanol–water partition coefficient (Wildman–Crippen LogP) is 0.215. The van der Waals surface area contributed by atoms with Gasteiger partial charge in [-0.15, -0.1) is 0 Å². The van der Waals surface area contributed by atoms with Gasteiger partial charge in [0.25, 0.3) is 0 Å². The van der Waals surface area contributed by atoms with Gasteiger partial charge < -0.3 is 10.1 Å². The number of sulfonamides is 1. The monoisotopic (exact) mass is 342 g/mol. The third kappa shape index (κ3) is 7.25. The number of methoxy groups -OCH3 is 1. The van der Waals surface area contributed by atoms with E-state index in [4.69, 9.17) is 0 Å². The largest absolute Gasteiger partial charge is 0.467 e. The molecule has 7 nitrogen and oxygen atoms in total. The Kier molecular flexibility index (Phi) is 7.18. The number of carbonyl (C=O) groups excluding carboxylic acids is 2. The van der Waals surface area contributed by atoms with Crippen molar-refractivity contribution < 1.29 is 22.7 Å². The second-order valence-corrected chi connectivity index (χ2v) is 7.00. The van der Waals surface area contributed by atoms with Crippen molar-refractivity contribution in [2.75, 3.05) is 13.4 Å². The first-order valence-electron chi connectivity index (χ1n) is 7.12. The molecule has 0 bridgehead atoms. The zero-order valence-corrected chi connectivity index (χ0v) is 14.2. The molecule has 1 amide bonds. The first kappa shape index (κ1) is 19.1. The van der Waals surface area contributed by atoms with E-state index in [0.29, 0.717) is 6.42 Å². The molecule has 0 saturated heterocycles. The fraction of sp³-hybridized carbons (Fsp3) is 0.467. The summed E-state index contributed by atoms with van der Waals surface area (Å²) in [7, 11) is -2.35. The van der Waals surface area contributed by atoms with Gasteiger partial charge in [0.05, 0.1) is 13.4 Å². The van der Waals surface area contributed by atoms with Gasteiger partial charge >= 0.3 is 5.97 Å². The van der Waals surface area contributed by atoms with Crippen LogP contribution in [0.15, 0.2) is 30.3 Å². The van der Waals surface area contributed by atoms with Crippen LogP contribution in [0.3, 0.4) is 0 Å². The van der Waals surface area contributed by atoms with Gasteiger partial charge in [0.2, 0.25) is 15.9 Å². The molecule has 2 atom stereocenters. The highest BCUT2D eigenvalue weighted by Gasteiger charge is 2.25. The molecule has 128 valence electrons. The van der Waals surface area contributed by atoms with Gasteiger partial charge in [-0.3, -0.25) is 4.79 Å². The van der Waals surface area contributed by atoms with Crippen molar-refractivity contribution >= 4 is 21.9 Å². The zero-order valence-electron chi connectivity index (χ0n) is 13.4. The molecule has 0 aromatic heterocycles. The van der Waals surface area contributed by atoms with Crippen LogP contribution >= 0.6 is 0 Å². The summed E-state index contributed by atoms with van der Waals surface area (Å²) in [5.74, 6) is -1.16. The zero-order chi connectivity index (χ0) is 17.5. The molecule has 1 rings (SSSR count). The average Bonchev–Trinajstić information content (AvgIpc) is 2.50. The molecule has 1 aromatic rings. The lowest BCUT2D eigenvalue weighted by Crippen LogP contribution is -2.50. The van der Waals surface area contributed by atoms with E-state index in [1.165, 1.54) is 14.0 Å². The van der Waals surface area contributed by atoms with Gasteiger partial charge in [-0.2, -0.15) is 0 Å². The Hall–Kier alpha value is -1.93. The number of carbonyl (C=O) groups is 2. The maximum Gasteiger partial charge on any atom is 0.328 e. The van der Waals surface area contributed by atoms with Crippen LogP contribution in [0.5, 0.6) is 0 Å². The van der Waals surface area contributed by atoms with Gasteiger partial charge in [0.15, 0.2) is 0 Å². The molecule has 0 radical (unpaired) electrons. The molecular formula is C15H22N2O5S. The van der Waals surface area contributed by atoms with Gasteiger partial charge in [0, 0.05) is 0 Å². The average molecular weight is 342 g/mol. The summed E-state index contributed by atoms with van der Waals surface area (Å²) in [6, 6.07) is 7.59. The molecule has 2 unspecified atom stereocenters. The Balaban J connectivity index is 2.75. The highest BCUT2D eigenvalue weighted by atomic mass is 32.2. The van der Waals surface area contributed by atoms with E-state index < -0.39 is 34.0 Å². The van der Waals surface area contributed by atoms with Gasteiger partial charge in [-0.05, 0) is 25.3 Å². The Morgan fingerprint density at radius 2 is 1.83 bits per heavy atom. The summed E-state index contributed by atoms with van der Waals surface area (Å²) in [6.45, 7) is 1.47. The highest BCUT2D eigenvalue weighted by Crippen LogP contribution is 2.06. The summed E-state index contributed by atoms with van der Waals surface area (Å²) in [6.07, 6.45) is 1.78. The SMILES string of the molecule is COC(=O)C(C)NC(=O)C(CCc1ccccc1)NS(C)(=O)=O. The number of amides is 1. The van der Waals surface area contributed by atoms with E-state index in [1.807, 2.05) is 30.3 Å². The second kappa shape index (κ2) is 8.64. The first-order chi connectivity index (χ1) is 10.7. The summed E-state index contributed by atoms with van der Waals surface area (Å²) in [4.78, 5) is 23.6. The molecule has 1 aromatic carbocycles. The van der Waals surface area contributed by atoms with E-state index in [9.17, 15) is 18.0 Å². The van der Waals surface area contributed by atoms with Crippen molar-refractivity contribution in [1.82, 2.24) is 10.0 Å².